The number of nitrogens with one attached hydrogen (secondary N) is 1. The third-order valence-corrected chi connectivity index (χ3v) is 3.48. The van der Waals surface area contributed by atoms with E-state index in [1.807, 2.05) is 0 Å². The van der Waals surface area contributed by atoms with Gasteiger partial charge in [0.2, 0.25) is 5.82 Å². The van der Waals surface area contributed by atoms with Gasteiger partial charge in [0.15, 0.2) is 0 Å². The van der Waals surface area contributed by atoms with Gasteiger partial charge in [-0.05, 0) is 23.4 Å². The second-order valence-corrected chi connectivity index (χ2v) is 4.32. The number of tetrazole rings is 1. The molecule has 0 spiro atoms. The standard InChI is InChI=1S/C8H5N5OS/c14-15-6-2-1-3-9-5(6)4-7(15)8-10-12-13-11-8/h1-4H,(H,10,11,12,13). The van der Waals surface area contributed by atoms with Gasteiger partial charge in [-0.2, -0.15) is 5.21 Å². The lowest BCUT2D eigenvalue weighted by molar-refractivity contribution is 0.689. The Labute approximate surface area is 86.9 Å². The second kappa shape index (κ2) is 3.06. The Morgan fingerprint density at radius 2 is 2.33 bits per heavy atom. The maximum absolute atomic E-state index is 12.0. The Hall–Kier alpha value is -1.89. The van der Waals surface area contributed by atoms with E-state index in [0.29, 0.717) is 21.3 Å². The van der Waals surface area contributed by atoms with E-state index in [0.717, 1.165) is 0 Å². The van der Waals surface area contributed by atoms with Gasteiger partial charge in [-0.3, -0.25) is 4.98 Å². The first-order chi connectivity index (χ1) is 7.36. The monoisotopic (exact) mass is 219 g/mol. The molecule has 0 aromatic carbocycles. The van der Waals surface area contributed by atoms with E-state index in [9.17, 15) is 4.21 Å². The van der Waals surface area contributed by atoms with Gasteiger partial charge in [-0.1, -0.05) is 0 Å². The third kappa shape index (κ3) is 1.20. The summed E-state index contributed by atoms with van der Waals surface area (Å²) in [5, 5.41) is 13.4. The summed E-state index contributed by atoms with van der Waals surface area (Å²) in [5.41, 5.74) is 0.704. The fourth-order valence-electron chi connectivity index (χ4n) is 1.38. The highest BCUT2D eigenvalue weighted by Gasteiger charge is 2.25. The molecule has 0 amide bonds. The van der Waals surface area contributed by atoms with Crippen molar-refractivity contribution in [1.29, 1.82) is 0 Å². The van der Waals surface area contributed by atoms with Gasteiger partial charge in [0.1, 0.15) is 0 Å². The van der Waals surface area contributed by atoms with E-state index in [1.54, 1.807) is 24.4 Å². The van der Waals surface area contributed by atoms with Gasteiger partial charge in [-0.15, -0.1) is 10.2 Å². The molecule has 0 aliphatic carbocycles. The quantitative estimate of drug-likeness (QED) is 0.741. The molecule has 0 radical (unpaired) electrons. The second-order valence-electron chi connectivity index (χ2n) is 2.90. The SMILES string of the molecule is O=S1C(c2nn[nH]n2)=Cc2ncccc21. The molecule has 3 rings (SSSR count). The van der Waals surface area contributed by atoms with Crippen molar-refractivity contribution in [3.63, 3.8) is 0 Å². The smallest absolute Gasteiger partial charge is 0.213 e. The first-order valence-electron chi connectivity index (χ1n) is 4.18. The zero-order chi connectivity index (χ0) is 10.3. The number of aromatic nitrogens is 5. The lowest BCUT2D eigenvalue weighted by Crippen LogP contribution is -1.93. The van der Waals surface area contributed by atoms with Gasteiger partial charge in [-0.25, -0.2) is 4.21 Å². The van der Waals surface area contributed by atoms with Crippen LogP contribution in [-0.2, 0) is 10.8 Å². The predicted octanol–water partition coefficient (Wildman–Crippen LogP) is 0.214. The number of hydrogen-bond acceptors (Lipinski definition) is 5. The number of rotatable bonds is 1. The van der Waals surface area contributed by atoms with E-state index >= 15 is 0 Å². The molecule has 7 heteroatoms. The van der Waals surface area contributed by atoms with Crippen LogP contribution in [-0.4, -0.2) is 29.8 Å². The largest absolute Gasteiger partial charge is 0.256 e. The average molecular weight is 219 g/mol. The van der Waals surface area contributed by atoms with Crippen molar-refractivity contribution >= 4 is 21.8 Å². The minimum Gasteiger partial charge on any atom is -0.256 e. The zero-order valence-corrected chi connectivity index (χ0v) is 8.23. The summed E-state index contributed by atoms with van der Waals surface area (Å²) in [6.07, 6.45) is 3.38. The maximum Gasteiger partial charge on any atom is 0.213 e. The molecular formula is C8H5N5OS. The molecule has 1 aliphatic heterocycles. The fourth-order valence-corrected chi connectivity index (χ4v) is 2.59. The number of fused-ring (bicyclic) bond motifs is 1. The van der Waals surface area contributed by atoms with Gasteiger partial charge in [0.25, 0.3) is 0 Å². The Bertz CT molecular complexity index is 562. The van der Waals surface area contributed by atoms with E-state index in [2.05, 4.69) is 25.6 Å². The molecule has 1 unspecified atom stereocenters. The predicted molar refractivity (Wildman–Crippen MR) is 52.7 cm³/mol. The highest BCUT2D eigenvalue weighted by Crippen LogP contribution is 2.31. The topological polar surface area (TPSA) is 84.4 Å². The summed E-state index contributed by atoms with van der Waals surface area (Å²) in [7, 11) is -1.25. The van der Waals surface area contributed by atoms with Crippen LogP contribution >= 0.6 is 0 Å². The minimum absolute atomic E-state index is 0.353. The average Bonchev–Trinajstić information content (AvgIpc) is 2.87. The molecule has 15 heavy (non-hydrogen) atoms. The highest BCUT2D eigenvalue weighted by atomic mass is 32.2. The fraction of sp³-hybridized carbons (Fsp3) is 0. The van der Waals surface area contributed by atoms with Crippen LogP contribution in [0.25, 0.3) is 11.0 Å². The third-order valence-electron chi connectivity index (χ3n) is 2.03. The highest BCUT2D eigenvalue weighted by molar-refractivity contribution is 7.95. The molecule has 74 valence electrons. The van der Waals surface area contributed by atoms with Crippen LogP contribution in [0.5, 0.6) is 0 Å². The van der Waals surface area contributed by atoms with Gasteiger partial charge in [0, 0.05) is 6.20 Å². The van der Waals surface area contributed by atoms with E-state index < -0.39 is 10.8 Å². The number of H-pyrrole nitrogens is 1. The first-order valence-corrected chi connectivity index (χ1v) is 5.33. The summed E-state index contributed by atoms with van der Waals surface area (Å²) < 4.78 is 12.0. The molecular weight excluding hydrogens is 214 g/mol. The van der Waals surface area contributed by atoms with Gasteiger partial charge < -0.3 is 0 Å². The zero-order valence-electron chi connectivity index (χ0n) is 7.41. The lowest BCUT2D eigenvalue weighted by Gasteiger charge is -1.95. The Morgan fingerprint density at radius 3 is 3.07 bits per heavy atom. The van der Waals surface area contributed by atoms with Crippen LogP contribution < -0.4 is 0 Å². The lowest BCUT2D eigenvalue weighted by atomic mass is 10.3. The molecule has 0 saturated carbocycles. The number of pyridine rings is 1. The maximum atomic E-state index is 12.0. The van der Waals surface area contributed by atoms with Crippen molar-refractivity contribution in [2.75, 3.05) is 0 Å². The Morgan fingerprint density at radius 1 is 1.40 bits per heavy atom. The van der Waals surface area contributed by atoms with Gasteiger partial charge in [0.05, 0.1) is 26.3 Å². The summed E-state index contributed by atoms with van der Waals surface area (Å²) in [4.78, 5) is 5.35. The molecule has 3 heterocycles. The summed E-state index contributed by atoms with van der Waals surface area (Å²) in [6, 6.07) is 3.53. The summed E-state index contributed by atoms with van der Waals surface area (Å²) in [5.74, 6) is 0.353. The Balaban J connectivity index is 2.15. The van der Waals surface area contributed by atoms with Crippen molar-refractivity contribution in [2.45, 2.75) is 4.90 Å². The molecule has 2 aromatic heterocycles. The summed E-state index contributed by atoms with van der Waals surface area (Å²) in [6.45, 7) is 0. The van der Waals surface area contributed by atoms with Crippen LogP contribution in [0.4, 0.5) is 0 Å². The Kier molecular flexibility index (Phi) is 1.72. The normalized spacial score (nSPS) is 18.7. The minimum atomic E-state index is -1.25. The summed E-state index contributed by atoms with van der Waals surface area (Å²) >= 11 is 0. The van der Waals surface area contributed by atoms with Crippen molar-refractivity contribution in [1.82, 2.24) is 25.6 Å². The molecule has 2 aromatic rings. The number of aromatic amines is 1. The van der Waals surface area contributed by atoms with E-state index in [4.69, 9.17) is 0 Å². The van der Waals surface area contributed by atoms with Crippen molar-refractivity contribution < 1.29 is 4.21 Å². The number of hydrogen-bond donors (Lipinski definition) is 1. The molecule has 0 saturated heterocycles. The number of nitrogens with zero attached hydrogens (tertiary/aromatic N) is 4. The molecule has 1 aliphatic rings. The van der Waals surface area contributed by atoms with Crippen LogP contribution in [0.1, 0.15) is 11.5 Å². The molecule has 0 bridgehead atoms. The molecule has 0 fully saturated rings. The van der Waals surface area contributed by atoms with E-state index in [-0.39, 0.29) is 0 Å². The van der Waals surface area contributed by atoms with Crippen LogP contribution in [0.15, 0.2) is 23.2 Å². The van der Waals surface area contributed by atoms with Crippen LogP contribution in [0.2, 0.25) is 0 Å². The first kappa shape index (κ1) is 8.42. The molecule has 6 nitrogen and oxygen atoms in total. The van der Waals surface area contributed by atoms with Crippen molar-refractivity contribution in [2.24, 2.45) is 0 Å². The van der Waals surface area contributed by atoms with E-state index in [1.165, 1.54) is 0 Å². The van der Waals surface area contributed by atoms with Crippen molar-refractivity contribution in [3.05, 3.63) is 29.8 Å². The van der Waals surface area contributed by atoms with Crippen molar-refractivity contribution in [3.8, 4) is 0 Å². The van der Waals surface area contributed by atoms with Crippen LogP contribution in [0.3, 0.4) is 0 Å². The van der Waals surface area contributed by atoms with Crippen LogP contribution in [0, 0.1) is 0 Å². The molecule has 1 N–H and O–H groups in total. The molecule has 1 atom stereocenters. The van der Waals surface area contributed by atoms with Gasteiger partial charge >= 0.3 is 0 Å².